The van der Waals surface area contributed by atoms with Crippen LogP contribution in [-0.4, -0.2) is 52.1 Å². The minimum absolute atomic E-state index is 0.131. The lowest BCUT2D eigenvalue weighted by molar-refractivity contribution is -0.385. The zero-order valence-electron chi connectivity index (χ0n) is 11.3. The summed E-state index contributed by atoms with van der Waals surface area (Å²) in [5, 5.41) is 19.8. The highest BCUT2D eigenvalue weighted by atomic mass is 16.6. The van der Waals surface area contributed by atoms with Gasteiger partial charge in [0.25, 0.3) is 5.69 Å². The number of nitro benzene ring substituents is 1. The smallest absolute Gasteiger partial charge is 0.407 e. The first kappa shape index (κ1) is 14.3. The van der Waals surface area contributed by atoms with E-state index in [4.69, 9.17) is 5.11 Å². The lowest BCUT2D eigenvalue weighted by Crippen LogP contribution is -2.47. The fourth-order valence-corrected chi connectivity index (χ4v) is 2.31. The maximum atomic E-state index is 10.9. The van der Waals surface area contributed by atoms with E-state index in [0.29, 0.717) is 38.3 Å². The number of benzene rings is 1. The van der Waals surface area contributed by atoms with E-state index in [-0.39, 0.29) is 10.6 Å². The van der Waals surface area contributed by atoms with Crippen LogP contribution in [0.4, 0.5) is 10.5 Å². The molecule has 1 aliphatic heterocycles. The predicted molar refractivity (Wildman–Crippen MR) is 72.7 cm³/mol. The van der Waals surface area contributed by atoms with Gasteiger partial charge in [-0.3, -0.25) is 15.0 Å². The van der Waals surface area contributed by atoms with E-state index in [9.17, 15) is 14.9 Å². The molecule has 0 bridgehead atoms. The Morgan fingerprint density at radius 3 is 2.55 bits per heavy atom. The molecule has 1 saturated heterocycles. The van der Waals surface area contributed by atoms with Gasteiger partial charge in [0.05, 0.1) is 4.92 Å². The molecular weight excluding hydrogens is 262 g/mol. The number of carbonyl (C=O) groups is 1. The van der Waals surface area contributed by atoms with E-state index in [1.54, 1.807) is 19.1 Å². The summed E-state index contributed by atoms with van der Waals surface area (Å²) in [5.74, 6) is 0. The Morgan fingerprint density at radius 1 is 1.35 bits per heavy atom. The van der Waals surface area contributed by atoms with Gasteiger partial charge in [-0.15, -0.1) is 0 Å². The number of piperazine rings is 1. The molecule has 0 aromatic heterocycles. The summed E-state index contributed by atoms with van der Waals surface area (Å²) in [6.45, 7) is 4.57. The third-order valence-electron chi connectivity index (χ3n) is 3.52. The molecule has 0 spiro atoms. The van der Waals surface area contributed by atoms with E-state index >= 15 is 0 Å². The second-order valence-corrected chi connectivity index (χ2v) is 4.92. The van der Waals surface area contributed by atoms with Crippen molar-refractivity contribution in [3.05, 3.63) is 39.4 Å². The molecule has 1 aromatic rings. The van der Waals surface area contributed by atoms with Crippen molar-refractivity contribution in [2.24, 2.45) is 0 Å². The van der Waals surface area contributed by atoms with Crippen molar-refractivity contribution in [2.45, 2.75) is 13.5 Å². The standard InChI is InChI=1S/C13H17N3O4/c1-10-2-3-11(8-12(10)16(19)20)9-14-4-6-15(7-5-14)13(17)18/h2-3,8H,4-7,9H2,1H3,(H,17,18). The summed E-state index contributed by atoms with van der Waals surface area (Å²) in [6, 6.07) is 5.23. The molecule has 1 aliphatic rings. The first-order chi connectivity index (χ1) is 9.47. The maximum absolute atomic E-state index is 10.9. The van der Waals surface area contributed by atoms with Gasteiger partial charge in [-0.25, -0.2) is 4.79 Å². The van der Waals surface area contributed by atoms with Crippen molar-refractivity contribution < 1.29 is 14.8 Å². The van der Waals surface area contributed by atoms with Crippen LogP contribution in [0.3, 0.4) is 0 Å². The van der Waals surface area contributed by atoms with Crippen LogP contribution in [0.1, 0.15) is 11.1 Å². The Kier molecular flexibility index (Phi) is 4.19. The molecule has 0 aliphatic carbocycles. The number of aryl methyl sites for hydroxylation is 1. The molecule has 1 heterocycles. The van der Waals surface area contributed by atoms with Gasteiger partial charge in [-0.2, -0.15) is 0 Å². The van der Waals surface area contributed by atoms with Gasteiger partial charge < -0.3 is 10.0 Å². The molecule has 0 atom stereocenters. The van der Waals surface area contributed by atoms with Gasteiger partial charge in [-0.05, 0) is 12.5 Å². The Hall–Kier alpha value is -2.15. The highest BCUT2D eigenvalue weighted by Gasteiger charge is 2.21. The van der Waals surface area contributed by atoms with Crippen LogP contribution in [0.2, 0.25) is 0 Å². The molecule has 20 heavy (non-hydrogen) atoms. The Balaban J connectivity index is 1.99. The summed E-state index contributed by atoms with van der Waals surface area (Å²) in [6.07, 6.45) is -0.893. The van der Waals surface area contributed by atoms with E-state index in [2.05, 4.69) is 4.90 Å². The number of rotatable bonds is 3. The molecule has 0 saturated carbocycles. The van der Waals surface area contributed by atoms with Crippen molar-refractivity contribution in [3.63, 3.8) is 0 Å². The number of nitrogens with zero attached hydrogens (tertiary/aromatic N) is 3. The number of nitro groups is 1. The first-order valence-corrected chi connectivity index (χ1v) is 6.41. The fourth-order valence-electron chi connectivity index (χ4n) is 2.31. The normalized spacial score (nSPS) is 16.1. The van der Waals surface area contributed by atoms with Crippen LogP contribution in [0.5, 0.6) is 0 Å². The van der Waals surface area contributed by atoms with E-state index in [0.717, 1.165) is 5.56 Å². The molecule has 0 unspecified atom stereocenters. The molecule has 1 N–H and O–H groups in total. The van der Waals surface area contributed by atoms with E-state index < -0.39 is 6.09 Å². The molecule has 1 amide bonds. The average Bonchev–Trinajstić information content (AvgIpc) is 2.41. The molecule has 7 nitrogen and oxygen atoms in total. The summed E-state index contributed by atoms with van der Waals surface area (Å²) in [7, 11) is 0. The summed E-state index contributed by atoms with van der Waals surface area (Å²) < 4.78 is 0. The van der Waals surface area contributed by atoms with Gasteiger partial charge >= 0.3 is 6.09 Å². The fraction of sp³-hybridized carbons (Fsp3) is 0.462. The molecule has 0 radical (unpaired) electrons. The second kappa shape index (κ2) is 5.87. The SMILES string of the molecule is Cc1ccc(CN2CCN(C(=O)O)CC2)cc1[N+](=O)[O-]. The molecule has 2 rings (SSSR count). The highest BCUT2D eigenvalue weighted by molar-refractivity contribution is 5.65. The minimum atomic E-state index is -0.893. The van der Waals surface area contributed by atoms with Crippen molar-refractivity contribution in [1.29, 1.82) is 0 Å². The summed E-state index contributed by atoms with van der Waals surface area (Å²) in [5.41, 5.74) is 1.66. The van der Waals surface area contributed by atoms with Crippen LogP contribution in [0.25, 0.3) is 0 Å². The van der Waals surface area contributed by atoms with Crippen LogP contribution in [0.15, 0.2) is 18.2 Å². The second-order valence-electron chi connectivity index (χ2n) is 4.92. The zero-order chi connectivity index (χ0) is 14.7. The lowest BCUT2D eigenvalue weighted by atomic mass is 10.1. The lowest BCUT2D eigenvalue weighted by Gasteiger charge is -2.33. The number of amides is 1. The quantitative estimate of drug-likeness (QED) is 0.672. The highest BCUT2D eigenvalue weighted by Crippen LogP contribution is 2.20. The average molecular weight is 279 g/mol. The first-order valence-electron chi connectivity index (χ1n) is 6.41. The predicted octanol–water partition coefficient (Wildman–Crippen LogP) is 1.70. The van der Waals surface area contributed by atoms with E-state index in [1.165, 1.54) is 4.90 Å². The third-order valence-corrected chi connectivity index (χ3v) is 3.52. The number of hydrogen-bond acceptors (Lipinski definition) is 4. The van der Waals surface area contributed by atoms with Crippen LogP contribution in [-0.2, 0) is 6.54 Å². The largest absolute Gasteiger partial charge is 0.465 e. The van der Waals surface area contributed by atoms with E-state index in [1.807, 2.05) is 6.07 Å². The molecule has 108 valence electrons. The van der Waals surface area contributed by atoms with Crippen LogP contribution < -0.4 is 0 Å². The Labute approximate surface area is 116 Å². The third kappa shape index (κ3) is 3.24. The van der Waals surface area contributed by atoms with Crippen molar-refractivity contribution in [3.8, 4) is 0 Å². The van der Waals surface area contributed by atoms with Gasteiger partial charge in [-0.1, -0.05) is 12.1 Å². The van der Waals surface area contributed by atoms with Crippen LogP contribution >= 0.6 is 0 Å². The summed E-state index contributed by atoms with van der Waals surface area (Å²) >= 11 is 0. The molecule has 1 aromatic carbocycles. The Bertz CT molecular complexity index is 524. The zero-order valence-corrected chi connectivity index (χ0v) is 11.3. The minimum Gasteiger partial charge on any atom is -0.465 e. The van der Waals surface area contributed by atoms with Gasteiger partial charge in [0.1, 0.15) is 0 Å². The monoisotopic (exact) mass is 279 g/mol. The molecule has 7 heteroatoms. The molecule has 1 fully saturated rings. The van der Waals surface area contributed by atoms with Crippen molar-refractivity contribution in [2.75, 3.05) is 26.2 Å². The molecular formula is C13H17N3O4. The summed E-state index contributed by atoms with van der Waals surface area (Å²) in [4.78, 5) is 24.8. The topological polar surface area (TPSA) is 86.9 Å². The van der Waals surface area contributed by atoms with Crippen molar-refractivity contribution >= 4 is 11.8 Å². The van der Waals surface area contributed by atoms with Gasteiger partial charge in [0, 0.05) is 44.4 Å². The van der Waals surface area contributed by atoms with Gasteiger partial charge in [0.2, 0.25) is 0 Å². The van der Waals surface area contributed by atoms with Crippen molar-refractivity contribution in [1.82, 2.24) is 9.80 Å². The maximum Gasteiger partial charge on any atom is 0.407 e. The number of hydrogen-bond donors (Lipinski definition) is 1. The Morgan fingerprint density at radius 2 is 2.00 bits per heavy atom. The van der Waals surface area contributed by atoms with Gasteiger partial charge in [0.15, 0.2) is 0 Å². The number of carboxylic acid groups (broad SMARTS) is 1. The van der Waals surface area contributed by atoms with Crippen LogP contribution in [0, 0.1) is 17.0 Å².